The molecule has 0 fully saturated rings. The summed E-state index contributed by atoms with van der Waals surface area (Å²) >= 11 is 0. The summed E-state index contributed by atoms with van der Waals surface area (Å²) in [4.78, 5) is 35.1. The number of nitrogens with zero attached hydrogens (tertiary/aromatic N) is 5. The zero-order valence-electron chi connectivity index (χ0n) is 20.5. The van der Waals surface area contributed by atoms with Crippen molar-refractivity contribution in [1.29, 1.82) is 0 Å². The second-order valence-corrected chi connectivity index (χ2v) is 9.30. The predicted molar refractivity (Wildman–Crippen MR) is 139 cm³/mol. The molecule has 2 N–H and O–H groups in total. The Kier molecular flexibility index (Phi) is 5.18. The fraction of sp³-hybridized carbons (Fsp3) is 0.185. The van der Waals surface area contributed by atoms with Gasteiger partial charge in [0, 0.05) is 54.4 Å². The molecule has 9 nitrogen and oxygen atoms in total. The Balaban J connectivity index is 1.46. The first-order valence-electron chi connectivity index (χ1n) is 11.8. The maximum atomic E-state index is 13.7. The van der Waals surface area contributed by atoms with Crippen LogP contribution in [0.4, 0.5) is 21.6 Å². The maximum Gasteiger partial charge on any atom is 0.272 e. The van der Waals surface area contributed by atoms with Gasteiger partial charge in [0.05, 0.1) is 30.5 Å². The van der Waals surface area contributed by atoms with Crippen LogP contribution in [0.1, 0.15) is 17.0 Å². The van der Waals surface area contributed by atoms with Crippen molar-refractivity contribution in [2.24, 2.45) is 14.1 Å². The second kappa shape index (κ2) is 8.44. The number of carbonyl (C=O) groups excluding carboxylic acids is 1. The molecule has 0 saturated heterocycles. The van der Waals surface area contributed by atoms with Crippen LogP contribution in [0, 0.1) is 12.7 Å². The molecule has 1 amide bonds. The molecular formula is C27H24FN7O2. The molecule has 1 aliphatic rings. The molecule has 10 heteroatoms. The van der Waals surface area contributed by atoms with Crippen LogP contribution >= 0.6 is 0 Å². The number of aryl methyl sites for hydroxylation is 3. The zero-order chi connectivity index (χ0) is 25.8. The quantitative estimate of drug-likeness (QED) is 0.392. The van der Waals surface area contributed by atoms with Crippen molar-refractivity contribution in [3.63, 3.8) is 0 Å². The number of benzene rings is 1. The van der Waals surface area contributed by atoms with E-state index < -0.39 is 0 Å². The maximum absolute atomic E-state index is 13.7. The first-order valence-corrected chi connectivity index (χ1v) is 11.8. The minimum Gasteiger partial charge on any atom is -0.345 e. The third-order valence-electron chi connectivity index (χ3n) is 6.76. The summed E-state index contributed by atoms with van der Waals surface area (Å²) in [5, 5.41) is 8.12. The average Bonchev–Trinajstić information content (AvgIpc) is 3.33. The Morgan fingerprint density at radius 2 is 1.95 bits per heavy atom. The van der Waals surface area contributed by atoms with E-state index in [9.17, 15) is 14.0 Å². The van der Waals surface area contributed by atoms with Crippen molar-refractivity contribution in [3.8, 4) is 11.1 Å². The fourth-order valence-corrected chi connectivity index (χ4v) is 4.96. The number of halogens is 1. The van der Waals surface area contributed by atoms with Crippen molar-refractivity contribution in [1.82, 2.24) is 24.3 Å². The molecule has 0 spiro atoms. The summed E-state index contributed by atoms with van der Waals surface area (Å²) < 4.78 is 17.2. The minimum atomic E-state index is -0.330. The van der Waals surface area contributed by atoms with Crippen LogP contribution in [0.3, 0.4) is 0 Å². The van der Waals surface area contributed by atoms with E-state index >= 15 is 0 Å². The van der Waals surface area contributed by atoms with Crippen LogP contribution in [0.25, 0.3) is 22.0 Å². The molecule has 0 unspecified atom stereocenters. The number of H-pyrrole nitrogens is 1. The van der Waals surface area contributed by atoms with Crippen molar-refractivity contribution in [2.75, 3.05) is 10.2 Å². The zero-order valence-corrected chi connectivity index (χ0v) is 20.5. The van der Waals surface area contributed by atoms with Gasteiger partial charge in [0.15, 0.2) is 0 Å². The molecule has 0 radical (unpaired) electrons. The third kappa shape index (κ3) is 3.86. The minimum absolute atomic E-state index is 0.133. The van der Waals surface area contributed by atoms with Gasteiger partial charge in [0.1, 0.15) is 17.2 Å². The Hall–Kier alpha value is -4.73. The van der Waals surface area contributed by atoms with E-state index in [1.807, 2.05) is 44.2 Å². The summed E-state index contributed by atoms with van der Waals surface area (Å²) in [6, 6.07) is 9.96. The molecule has 6 rings (SSSR count). The largest absolute Gasteiger partial charge is 0.345 e. The second-order valence-electron chi connectivity index (χ2n) is 9.30. The molecule has 0 saturated carbocycles. The van der Waals surface area contributed by atoms with E-state index in [4.69, 9.17) is 4.98 Å². The van der Waals surface area contributed by atoms with Gasteiger partial charge in [-0.3, -0.25) is 14.3 Å². The SMILES string of the molecule is Cc1cc(CC(=O)Nc2cnc3c(c2)-c2cn(C)c4c(=O)[nH]cc(c24)CN3c2ccc(F)cc2)nn1C. The van der Waals surface area contributed by atoms with Crippen LogP contribution in [0.2, 0.25) is 0 Å². The lowest BCUT2D eigenvalue weighted by molar-refractivity contribution is -0.115. The number of nitrogens with one attached hydrogen (secondary N) is 2. The fourth-order valence-electron chi connectivity index (χ4n) is 4.96. The highest BCUT2D eigenvalue weighted by Gasteiger charge is 2.27. The topological polar surface area (TPSA) is 101 Å². The first kappa shape index (κ1) is 22.7. The molecule has 4 aromatic heterocycles. The van der Waals surface area contributed by atoms with Gasteiger partial charge in [0.2, 0.25) is 5.91 Å². The molecule has 37 heavy (non-hydrogen) atoms. The lowest BCUT2D eigenvalue weighted by atomic mass is 10.0. The van der Waals surface area contributed by atoms with Gasteiger partial charge in [-0.2, -0.15) is 5.10 Å². The summed E-state index contributed by atoms with van der Waals surface area (Å²) in [6.45, 7) is 2.35. The van der Waals surface area contributed by atoms with Gasteiger partial charge >= 0.3 is 0 Å². The molecule has 0 bridgehead atoms. The Morgan fingerprint density at radius 1 is 1.16 bits per heavy atom. The number of amides is 1. The van der Waals surface area contributed by atoms with Gasteiger partial charge in [-0.25, -0.2) is 9.37 Å². The molecule has 5 aromatic rings. The lowest BCUT2D eigenvalue weighted by Crippen LogP contribution is -2.20. The van der Waals surface area contributed by atoms with Gasteiger partial charge in [-0.1, -0.05) is 0 Å². The van der Waals surface area contributed by atoms with Crippen molar-refractivity contribution >= 4 is 34.0 Å². The summed E-state index contributed by atoms with van der Waals surface area (Å²) in [6.07, 6.45) is 5.36. The van der Waals surface area contributed by atoms with Gasteiger partial charge in [0.25, 0.3) is 5.56 Å². The van der Waals surface area contributed by atoms with Gasteiger partial charge in [-0.15, -0.1) is 0 Å². The van der Waals surface area contributed by atoms with Crippen LogP contribution in [0.5, 0.6) is 0 Å². The number of rotatable bonds is 4. The Labute approximate surface area is 211 Å². The van der Waals surface area contributed by atoms with E-state index in [2.05, 4.69) is 15.4 Å². The van der Waals surface area contributed by atoms with Crippen molar-refractivity contribution < 1.29 is 9.18 Å². The monoisotopic (exact) mass is 497 g/mol. The Bertz CT molecular complexity index is 1730. The average molecular weight is 498 g/mol. The van der Waals surface area contributed by atoms with E-state index in [-0.39, 0.29) is 23.7 Å². The molecule has 1 aromatic carbocycles. The molecular weight excluding hydrogens is 473 g/mol. The number of hydrogen-bond donors (Lipinski definition) is 2. The number of fused-ring (bicyclic) bond motifs is 2. The molecule has 1 aliphatic heterocycles. The number of hydrogen-bond acceptors (Lipinski definition) is 5. The lowest BCUT2D eigenvalue weighted by Gasteiger charge is -2.25. The summed E-state index contributed by atoms with van der Waals surface area (Å²) in [5.74, 6) is 0.100. The Morgan fingerprint density at radius 3 is 2.68 bits per heavy atom. The molecule has 0 aliphatic carbocycles. The standard InChI is InChI=1S/C27H24FN7O2/c1-15-8-18(32-34(15)3)10-23(36)31-19-9-21-22-14-33(2)25-24(22)16(11-30-27(25)37)13-35(26(21)29-12-19)20-6-4-17(28)5-7-20/h4-9,11-12,14H,10,13H2,1-3H3,(H,30,37)(H,31,36). The van der Waals surface area contributed by atoms with E-state index in [0.717, 1.165) is 33.5 Å². The van der Waals surface area contributed by atoms with Crippen LogP contribution in [0.15, 0.2) is 59.8 Å². The molecule has 5 heterocycles. The van der Waals surface area contributed by atoms with Crippen LogP contribution in [-0.4, -0.2) is 30.2 Å². The highest BCUT2D eigenvalue weighted by atomic mass is 19.1. The highest BCUT2D eigenvalue weighted by molar-refractivity contribution is 6.03. The van der Waals surface area contributed by atoms with Crippen molar-refractivity contribution in [3.05, 3.63) is 88.1 Å². The normalized spacial score (nSPS) is 12.5. The third-order valence-corrected chi connectivity index (χ3v) is 6.76. The molecule has 186 valence electrons. The number of aromatic amines is 1. The predicted octanol–water partition coefficient (Wildman–Crippen LogP) is 3.94. The summed E-state index contributed by atoms with van der Waals surface area (Å²) in [7, 11) is 3.67. The van der Waals surface area contributed by atoms with Crippen molar-refractivity contribution in [2.45, 2.75) is 19.9 Å². The van der Waals surface area contributed by atoms with E-state index in [0.29, 0.717) is 29.3 Å². The highest BCUT2D eigenvalue weighted by Crippen LogP contribution is 2.43. The van der Waals surface area contributed by atoms with E-state index in [1.54, 1.807) is 33.8 Å². The number of pyridine rings is 2. The first-order chi connectivity index (χ1) is 17.8. The summed E-state index contributed by atoms with van der Waals surface area (Å²) in [5.41, 5.74) is 5.80. The number of anilines is 3. The smallest absolute Gasteiger partial charge is 0.272 e. The number of carbonyl (C=O) groups is 1. The van der Waals surface area contributed by atoms with Gasteiger partial charge < -0.3 is 19.8 Å². The molecule has 0 atom stereocenters. The van der Waals surface area contributed by atoms with Crippen LogP contribution in [-0.2, 0) is 31.9 Å². The van der Waals surface area contributed by atoms with Gasteiger partial charge in [-0.05, 0) is 48.9 Å². The van der Waals surface area contributed by atoms with E-state index in [1.165, 1.54) is 12.1 Å². The number of aromatic nitrogens is 5. The van der Waals surface area contributed by atoms with Crippen LogP contribution < -0.4 is 15.8 Å².